The summed E-state index contributed by atoms with van der Waals surface area (Å²) in [4.78, 5) is 3.78. The molecule has 0 spiro atoms. The zero-order valence-electron chi connectivity index (χ0n) is 18.6. The molecule has 3 nitrogen and oxygen atoms in total. The molecule has 2 fully saturated rings. The van der Waals surface area contributed by atoms with Crippen molar-refractivity contribution in [1.29, 1.82) is 0 Å². The number of nitrogens with zero attached hydrogens (tertiary/aromatic N) is 1. The number of piperidine rings is 1. The Morgan fingerprint density at radius 2 is 1.68 bits per heavy atom. The fraction of sp³-hybridized carbons (Fsp3) is 0.462. The molecule has 0 radical (unpaired) electrons. The Balaban J connectivity index is 1.43. The van der Waals surface area contributed by atoms with Crippen LogP contribution < -0.4 is 0 Å². The van der Waals surface area contributed by atoms with Crippen LogP contribution in [0.5, 0.6) is 0 Å². The van der Waals surface area contributed by atoms with Gasteiger partial charge in [0.05, 0.1) is 17.8 Å². The Kier molecular flexibility index (Phi) is 6.52. The molecule has 0 unspecified atom stereocenters. The first-order valence-corrected chi connectivity index (χ1v) is 12.5. The monoisotopic (exact) mass is 493 g/mol. The molecule has 2 N–H and O–H groups in total. The molecule has 1 saturated heterocycles. The van der Waals surface area contributed by atoms with Crippen LogP contribution in [0.1, 0.15) is 48.8 Å². The van der Waals surface area contributed by atoms with Gasteiger partial charge in [0.25, 0.3) is 0 Å². The lowest BCUT2D eigenvalue weighted by Crippen LogP contribution is -2.40. The molecule has 0 bridgehead atoms. The lowest BCUT2D eigenvalue weighted by molar-refractivity contribution is -0.137. The van der Waals surface area contributed by atoms with Crippen LogP contribution in [-0.2, 0) is 6.18 Å². The van der Waals surface area contributed by atoms with Crippen LogP contribution in [-0.4, -0.2) is 47.0 Å². The molecule has 1 aliphatic carbocycles. The normalized spacial score (nSPS) is 25.8. The van der Waals surface area contributed by atoms with E-state index >= 15 is 0 Å². The molecule has 2 heterocycles. The summed E-state index contributed by atoms with van der Waals surface area (Å²) in [6, 6.07) is 8.34. The number of rotatable bonds is 2. The van der Waals surface area contributed by atoms with E-state index in [1.165, 1.54) is 36.0 Å². The van der Waals surface area contributed by atoms with Crippen LogP contribution in [0.4, 0.5) is 17.6 Å². The Hall–Kier alpha value is -1.87. The van der Waals surface area contributed by atoms with Gasteiger partial charge in [-0.3, -0.25) is 0 Å². The molecule has 8 heteroatoms. The summed E-state index contributed by atoms with van der Waals surface area (Å²) in [5.74, 6) is -0.0296. The maximum atomic E-state index is 14.0. The molecule has 2 aliphatic heterocycles. The van der Waals surface area contributed by atoms with Gasteiger partial charge in [-0.15, -0.1) is 0 Å². The summed E-state index contributed by atoms with van der Waals surface area (Å²) in [5, 5.41) is 19.8. The minimum atomic E-state index is -4.43. The van der Waals surface area contributed by atoms with E-state index in [9.17, 15) is 27.8 Å². The van der Waals surface area contributed by atoms with Crippen molar-refractivity contribution in [2.75, 3.05) is 19.6 Å². The van der Waals surface area contributed by atoms with Gasteiger partial charge in [-0.1, -0.05) is 23.4 Å². The standard InChI is InChI=1S/C26H27F4NO2S/c27-18-3-4-19-24(13-18)34-23-6-2-17(26(28,29)30)12-20(23)25(19)16-7-9-31(10-8-16)14-15-1-5-21(32)22(33)11-15/h2-4,6,12-13,15,21-22,32-33H,1,5,7-11,14H2/t15-,21+,22+/m1/s1. The number of aliphatic hydroxyl groups is 2. The third-order valence-corrected chi connectivity index (χ3v) is 8.36. The predicted octanol–water partition coefficient (Wildman–Crippen LogP) is 5.73. The van der Waals surface area contributed by atoms with Gasteiger partial charge in [0.1, 0.15) is 5.82 Å². The summed E-state index contributed by atoms with van der Waals surface area (Å²) in [7, 11) is 0. The first-order valence-electron chi connectivity index (χ1n) is 11.7. The highest BCUT2D eigenvalue weighted by Gasteiger charge is 2.34. The Morgan fingerprint density at radius 3 is 2.38 bits per heavy atom. The van der Waals surface area contributed by atoms with Crippen LogP contribution in [0.15, 0.2) is 51.8 Å². The lowest BCUT2D eigenvalue weighted by atomic mass is 9.84. The maximum absolute atomic E-state index is 14.0. The van der Waals surface area contributed by atoms with E-state index in [1.807, 2.05) is 0 Å². The average Bonchev–Trinajstić information content (AvgIpc) is 2.79. The fourth-order valence-electron chi connectivity index (χ4n) is 5.42. The summed E-state index contributed by atoms with van der Waals surface area (Å²) in [6.45, 7) is 2.41. The van der Waals surface area contributed by atoms with Crippen molar-refractivity contribution in [3.63, 3.8) is 0 Å². The van der Waals surface area contributed by atoms with Crippen LogP contribution >= 0.6 is 11.8 Å². The fourth-order valence-corrected chi connectivity index (χ4v) is 6.52. The number of benzene rings is 2. The maximum Gasteiger partial charge on any atom is 0.416 e. The van der Waals surface area contributed by atoms with E-state index in [4.69, 9.17) is 0 Å². The molecule has 5 rings (SSSR count). The smallest absolute Gasteiger partial charge is 0.390 e. The second-order valence-corrected chi connectivity index (χ2v) is 10.6. The number of aliphatic hydroxyl groups excluding tert-OH is 2. The van der Waals surface area contributed by atoms with Crippen LogP contribution in [0.3, 0.4) is 0 Å². The number of fused-ring (bicyclic) bond motifs is 2. The van der Waals surface area contributed by atoms with Crippen LogP contribution in [0.25, 0.3) is 5.57 Å². The SMILES string of the molecule is O[C@H]1CC[C@@H](CN2CCC(=C3c4ccc(F)cc4Sc4ccc(C(F)(F)F)cc43)CC2)C[C@@H]1O. The van der Waals surface area contributed by atoms with Gasteiger partial charge < -0.3 is 15.1 Å². The summed E-state index contributed by atoms with van der Waals surface area (Å²) in [6.07, 6.45) is -2.20. The Bertz CT molecular complexity index is 1110. The molecule has 2 aromatic rings. The summed E-state index contributed by atoms with van der Waals surface area (Å²) < 4.78 is 54.4. The van der Waals surface area contributed by atoms with Gasteiger partial charge in [0.15, 0.2) is 0 Å². The molecule has 0 amide bonds. The van der Waals surface area contributed by atoms with Crippen LogP contribution in [0.2, 0.25) is 0 Å². The summed E-state index contributed by atoms with van der Waals surface area (Å²) >= 11 is 1.31. The van der Waals surface area contributed by atoms with Gasteiger partial charge in [-0.2, -0.15) is 13.2 Å². The van der Waals surface area contributed by atoms with Gasteiger partial charge in [0, 0.05) is 29.4 Å². The molecular formula is C26H27F4NO2S. The molecule has 34 heavy (non-hydrogen) atoms. The second kappa shape index (κ2) is 9.30. The predicted molar refractivity (Wildman–Crippen MR) is 123 cm³/mol. The van der Waals surface area contributed by atoms with Crippen molar-refractivity contribution in [2.24, 2.45) is 5.92 Å². The van der Waals surface area contributed by atoms with Crippen molar-refractivity contribution >= 4 is 17.3 Å². The third-order valence-electron chi connectivity index (χ3n) is 7.23. The first kappa shape index (κ1) is 23.9. The average molecular weight is 494 g/mol. The number of alkyl halides is 3. The van der Waals surface area contributed by atoms with Gasteiger partial charge in [-0.05, 0) is 85.1 Å². The molecule has 1 saturated carbocycles. The minimum absolute atomic E-state index is 0.331. The molecule has 0 aromatic heterocycles. The first-order chi connectivity index (χ1) is 16.2. The van der Waals surface area contributed by atoms with E-state index in [0.717, 1.165) is 66.6 Å². The van der Waals surface area contributed by atoms with Crippen molar-refractivity contribution in [2.45, 2.75) is 60.3 Å². The number of hydrogen-bond donors (Lipinski definition) is 2. The van der Waals surface area contributed by atoms with Gasteiger partial charge >= 0.3 is 6.18 Å². The zero-order chi connectivity index (χ0) is 24.0. The topological polar surface area (TPSA) is 43.7 Å². The summed E-state index contributed by atoms with van der Waals surface area (Å²) in [5.41, 5.74) is 2.61. The zero-order valence-corrected chi connectivity index (χ0v) is 19.4. The van der Waals surface area contributed by atoms with Crippen molar-refractivity contribution in [1.82, 2.24) is 4.90 Å². The van der Waals surface area contributed by atoms with Crippen molar-refractivity contribution in [3.05, 3.63) is 64.5 Å². The lowest BCUT2D eigenvalue weighted by Gasteiger charge is -2.37. The van der Waals surface area contributed by atoms with E-state index in [0.29, 0.717) is 29.2 Å². The Morgan fingerprint density at radius 1 is 0.912 bits per heavy atom. The molecule has 3 aliphatic rings. The highest BCUT2D eigenvalue weighted by Crippen LogP contribution is 2.49. The van der Waals surface area contributed by atoms with Gasteiger partial charge in [-0.25, -0.2) is 4.39 Å². The van der Waals surface area contributed by atoms with E-state index < -0.39 is 23.9 Å². The number of halogens is 4. The van der Waals surface area contributed by atoms with Crippen molar-refractivity contribution < 1.29 is 27.8 Å². The second-order valence-electron chi connectivity index (χ2n) is 9.54. The minimum Gasteiger partial charge on any atom is -0.390 e. The quantitative estimate of drug-likeness (QED) is 0.448. The van der Waals surface area contributed by atoms with E-state index in [2.05, 4.69) is 4.90 Å². The third kappa shape index (κ3) is 4.78. The molecule has 3 atom stereocenters. The van der Waals surface area contributed by atoms with E-state index in [1.54, 1.807) is 6.07 Å². The van der Waals surface area contributed by atoms with Crippen molar-refractivity contribution in [3.8, 4) is 0 Å². The molecular weight excluding hydrogens is 466 g/mol. The largest absolute Gasteiger partial charge is 0.416 e. The van der Waals surface area contributed by atoms with Gasteiger partial charge in [0.2, 0.25) is 0 Å². The van der Waals surface area contributed by atoms with Crippen LogP contribution in [0, 0.1) is 11.7 Å². The molecule has 182 valence electrons. The highest BCUT2D eigenvalue weighted by molar-refractivity contribution is 7.99. The Labute approximate surface area is 200 Å². The number of hydrogen-bond acceptors (Lipinski definition) is 4. The highest BCUT2D eigenvalue weighted by atomic mass is 32.2. The molecule has 2 aromatic carbocycles. The number of likely N-dealkylation sites (tertiary alicyclic amines) is 1. The van der Waals surface area contributed by atoms with E-state index in [-0.39, 0.29) is 5.82 Å².